The Morgan fingerprint density at radius 1 is 1.27 bits per heavy atom. The molecule has 2 fully saturated rings. The number of anilines is 1. The Morgan fingerprint density at radius 3 is 2.63 bits per heavy atom. The minimum absolute atomic E-state index is 0.0214. The van der Waals surface area contributed by atoms with E-state index in [4.69, 9.17) is 4.74 Å². The molecule has 2 aliphatic rings. The number of aliphatic hydroxyl groups is 1. The van der Waals surface area contributed by atoms with Gasteiger partial charge in [-0.15, -0.1) is 0 Å². The fraction of sp³-hybridized carbons (Fsp3) is 0.400. The van der Waals surface area contributed by atoms with E-state index >= 15 is 0 Å². The van der Waals surface area contributed by atoms with Crippen molar-refractivity contribution in [2.24, 2.45) is 5.41 Å². The van der Waals surface area contributed by atoms with E-state index in [1.54, 1.807) is 0 Å². The number of nitrogens with zero attached hydrogens (tertiary/aromatic N) is 1. The van der Waals surface area contributed by atoms with Crippen LogP contribution < -0.4 is 5.32 Å². The number of carbonyl (C=O) groups is 1. The van der Waals surface area contributed by atoms with Gasteiger partial charge in [0.15, 0.2) is 0 Å². The van der Waals surface area contributed by atoms with E-state index in [0.29, 0.717) is 17.7 Å². The van der Waals surface area contributed by atoms with Crippen LogP contribution in [0.1, 0.15) is 24.0 Å². The van der Waals surface area contributed by atoms with Gasteiger partial charge in [-0.3, -0.25) is 4.79 Å². The highest BCUT2D eigenvalue weighted by molar-refractivity contribution is 5.96. The molecule has 1 aromatic heterocycles. The first-order valence-corrected chi connectivity index (χ1v) is 9.20. The lowest BCUT2D eigenvalue weighted by molar-refractivity contribution is -0.137. The molecular formula is C20H17F5N2O3. The molecule has 4 atom stereocenters. The van der Waals surface area contributed by atoms with Crippen molar-refractivity contribution in [2.45, 2.75) is 43.8 Å². The summed E-state index contributed by atoms with van der Waals surface area (Å²) < 4.78 is 71.9. The summed E-state index contributed by atoms with van der Waals surface area (Å²) in [6, 6.07) is 4.44. The molecule has 2 aromatic rings. The third-order valence-electron chi connectivity index (χ3n) is 5.65. The molecule has 1 aromatic carbocycles. The van der Waals surface area contributed by atoms with E-state index in [2.05, 4.69) is 10.3 Å². The molecule has 10 heteroatoms. The van der Waals surface area contributed by atoms with Gasteiger partial charge in [-0.1, -0.05) is 0 Å². The van der Waals surface area contributed by atoms with E-state index in [-0.39, 0.29) is 24.9 Å². The smallest absolute Gasteiger partial charge is 0.390 e. The molecule has 30 heavy (non-hydrogen) atoms. The average molecular weight is 428 g/mol. The van der Waals surface area contributed by atoms with Crippen LogP contribution in [0.5, 0.6) is 0 Å². The van der Waals surface area contributed by atoms with Crippen LogP contribution in [-0.2, 0) is 22.1 Å². The predicted molar refractivity (Wildman–Crippen MR) is 94.3 cm³/mol. The fourth-order valence-electron chi connectivity index (χ4n) is 4.26. The minimum atomic E-state index is -4.78. The Labute approximate surface area is 167 Å². The molecule has 0 radical (unpaired) electrons. The van der Waals surface area contributed by atoms with Gasteiger partial charge in [0.25, 0.3) is 0 Å². The fourth-order valence-corrected chi connectivity index (χ4v) is 4.26. The second-order valence-electron chi connectivity index (χ2n) is 7.67. The number of hydrogen-bond donors (Lipinski definition) is 2. The summed E-state index contributed by atoms with van der Waals surface area (Å²) in [5.41, 5.74) is -2.40. The normalized spacial score (nSPS) is 28.0. The first kappa shape index (κ1) is 20.7. The van der Waals surface area contributed by atoms with Gasteiger partial charge in [0.05, 0.1) is 29.3 Å². The zero-order valence-electron chi connectivity index (χ0n) is 15.4. The molecule has 2 aliphatic heterocycles. The lowest BCUT2D eigenvalue weighted by atomic mass is 9.68. The molecule has 0 unspecified atom stereocenters. The van der Waals surface area contributed by atoms with Gasteiger partial charge >= 0.3 is 6.18 Å². The molecule has 160 valence electrons. The summed E-state index contributed by atoms with van der Waals surface area (Å²) in [6.45, 7) is 0. The summed E-state index contributed by atoms with van der Waals surface area (Å²) in [7, 11) is 0. The van der Waals surface area contributed by atoms with Crippen LogP contribution >= 0.6 is 0 Å². The molecule has 0 spiro atoms. The van der Waals surface area contributed by atoms with Crippen molar-refractivity contribution in [2.75, 3.05) is 5.32 Å². The zero-order valence-corrected chi connectivity index (χ0v) is 15.4. The van der Waals surface area contributed by atoms with Crippen LogP contribution in [0.2, 0.25) is 0 Å². The second-order valence-corrected chi connectivity index (χ2v) is 7.67. The Hall–Kier alpha value is -2.59. The van der Waals surface area contributed by atoms with Crippen molar-refractivity contribution in [1.29, 1.82) is 0 Å². The number of halogens is 5. The van der Waals surface area contributed by atoms with Crippen molar-refractivity contribution in [3.05, 3.63) is 59.4 Å². The summed E-state index contributed by atoms with van der Waals surface area (Å²) in [4.78, 5) is 16.7. The second kappa shape index (κ2) is 7.28. The summed E-state index contributed by atoms with van der Waals surface area (Å²) in [5, 5.41) is 12.4. The minimum Gasteiger partial charge on any atom is -0.390 e. The summed E-state index contributed by atoms with van der Waals surface area (Å²) in [5.74, 6) is -2.57. The van der Waals surface area contributed by atoms with Crippen LogP contribution in [0.15, 0.2) is 36.5 Å². The highest BCUT2D eigenvalue weighted by atomic mass is 19.4. The van der Waals surface area contributed by atoms with Crippen molar-refractivity contribution in [1.82, 2.24) is 4.98 Å². The molecule has 3 heterocycles. The van der Waals surface area contributed by atoms with Crippen molar-refractivity contribution in [3.8, 4) is 0 Å². The quantitative estimate of drug-likeness (QED) is 0.578. The number of ether oxygens (including phenoxy) is 1. The largest absolute Gasteiger partial charge is 0.416 e. The first-order chi connectivity index (χ1) is 14.1. The maximum absolute atomic E-state index is 13.7. The monoisotopic (exact) mass is 428 g/mol. The van der Waals surface area contributed by atoms with Crippen LogP contribution in [-0.4, -0.2) is 34.3 Å². The van der Waals surface area contributed by atoms with E-state index < -0.39 is 53.1 Å². The SMILES string of the molecule is O=C(Nc1cc(F)cc(C(F)(F)F)c1)[C@@]1(Cc2ccnc(F)c2)C[C@H]2O[C@@H]1C[C@@H]2O. The van der Waals surface area contributed by atoms with Gasteiger partial charge in [0, 0.05) is 18.3 Å². The number of nitrogens with one attached hydrogen (secondary N) is 1. The third-order valence-corrected chi connectivity index (χ3v) is 5.65. The molecule has 0 saturated carbocycles. The maximum atomic E-state index is 13.7. The van der Waals surface area contributed by atoms with Gasteiger partial charge in [-0.25, -0.2) is 9.37 Å². The molecular weight excluding hydrogens is 411 g/mol. The Kier molecular flexibility index (Phi) is 5.01. The van der Waals surface area contributed by atoms with Gasteiger partial charge in [0.1, 0.15) is 5.82 Å². The Balaban J connectivity index is 1.65. The highest BCUT2D eigenvalue weighted by Gasteiger charge is 2.60. The number of benzene rings is 1. The highest BCUT2D eigenvalue weighted by Crippen LogP contribution is 2.50. The average Bonchev–Trinajstić information content (AvgIpc) is 3.18. The van der Waals surface area contributed by atoms with E-state index in [9.17, 15) is 31.9 Å². The van der Waals surface area contributed by atoms with Crippen LogP contribution in [0.4, 0.5) is 27.6 Å². The van der Waals surface area contributed by atoms with E-state index in [1.165, 1.54) is 12.3 Å². The number of amides is 1. The molecule has 0 aliphatic carbocycles. The maximum Gasteiger partial charge on any atom is 0.416 e. The van der Waals surface area contributed by atoms with Gasteiger partial charge < -0.3 is 15.2 Å². The van der Waals surface area contributed by atoms with Crippen molar-refractivity contribution in [3.63, 3.8) is 0 Å². The number of pyridine rings is 1. The van der Waals surface area contributed by atoms with Crippen LogP contribution in [0, 0.1) is 17.2 Å². The molecule has 2 bridgehead atoms. The number of aromatic nitrogens is 1. The molecule has 2 saturated heterocycles. The predicted octanol–water partition coefficient (Wildman–Crippen LogP) is 3.47. The first-order valence-electron chi connectivity index (χ1n) is 9.20. The lowest BCUT2D eigenvalue weighted by Gasteiger charge is -2.35. The van der Waals surface area contributed by atoms with E-state index in [1.807, 2.05) is 0 Å². The zero-order chi connectivity index (χ0) is 21.7. The van der Waals surface area contributed by atoms with Crippen LogP contribution in [0.25, 0.3) is 0 Å². The topological polar surface area (TPSA) is 71.5 Å². The molecule has 1 amide bonds. The van der Waals surface area contributed by atoms with Gasteiger partial charge in [-0.2, -0.15) is 17.6 Å². The standard InChI is InChI=1S/C20H17F5N2O3/c21-12-4-11(20(23,24)25)5-13(6-12)27-18(29)19(8-10-1-2-26-17(22)3-10)9-15-14(28)7-16(19)30-15/h1-6,14-16,28H,7-9H2,(H,27,29)/t14-,15+,16+,19-/m0/s1. The number of fused-ring (bicyclic) bond motifs is 2. The van der Waals surface area contributed by atoms with Crippen molar-refractivity contribution < 1.29 is 36.6 Å². The number of aliphatic hydroxyl groups excluding tert-OH is 1. The number of rotatable bonds is 4. The van der Waals surface area contributed by atoms with Crippen LogP contribution in [0.3, 0.4) is 0 Å². The van der Waals surface area contributed by atoms with Gasteiger partial charge in [0.2, 0.25) is 11.9 Å². The molecule has 4 rings (SSSR count). The van der Waals surface area contributed by atoms with Crippen molar-refractivity contribution >= 4 is 11.6 Å². The molecule has 2 N–H and O–H groups in total. The third kappa shape index (κ3) is 3.77. The summed E-state index contributed by atoms with van der Waals surface area (Å²) in [6.07, 6.45) is -5.38. The summed E-state index contributed by atoms with van der Waals surface area (Å²) >= 11 is 0. The number of hydrogen-bond acceptors (Lipinski definition) is 4. The number of alkyl halides is 3. The number of carbonyl (C=O) groups excluding carboxylic acids is 1. The van der Waals surface area contributed by atoms with Gasteiger partial charge in [-0.05, 0) is 48.7 Å². The lowest BCUT2D eigenvalue weighted by Crippen LogP contribution is -2.48. The Bertz CT molecular complexity index is 981. The van der Waals surface area contributed by atoms with E-state index in [0.717, 1.165) is 12.1 Å². The molecule has 5 nitrogen and oxygen atoms in total. The Morgan fingerprint density at radius 2 is 2.03 bits per heavy atom.